The highest BCUT2D eigenvalue weighted by Gasteiger charge is 2.12. The molecular formula is C17H12FN5S. The molecule has 0 radical (unpaired) electrons. The number of benzene rings is 2. The van der Waals surface area contributed by atoms with Gasteiger partial charge >= 0.3 is 0 Å². The van der Waals surface area contributed by atoms with Crippen molar-refractivity contribution in [1.29, 1.82) is 0 Å². The number of aromatic nitrogens is 4. The summed E-state index contributed by atoms with van der Waals surface area (Å²) in [6, 6.07) is 14.3. The van der Waals surface area contributed by atoms with Gasteiger partial charge in [0.1, 0.15) is 5.82 Å². The number of hydrogen-bond donors (Lipinski definition) is 2. The number of hydrogen-bond acceptors (Lipinski definition) is 3. The molecule has 2 N–H and O–H groups in total. The van der Waals surface area contributed by atoms with Gasteiger partial charge in [0.15, 0.2) is 5.82 Å². The minimum Gasteiger partial charge on any atom is -0.361 e. The molecule has 2 aromatic carbocycles. The number of fused-ring (bicyclic) bond motifs is 1. The lowest BCUT2D eigenvalue weighted by atomic mass is 10.2. The van der Waals surface area contributed by atoms with Gasteiger partial charge in [0.25, 0.3) is 0 Å². The number of nitrogens with one attached hydrogen (secondary N) is 2. The van der Waals surface area contributed by atoms with E-state index in [1.165, 1.54) is 10.7 Å². The van der Waals surface area contributed by atoms with Crippen molar-refractivity contribution in [3.63, 3.8) is 0 Å². The molecule has 4 rings (SSSR count). The summed E-state index contributed by atoms with van der Waals surface area (Å²) in [4.78, 5) is 3.18. The molecule has 0 bridgehead atoms. The number of halogens is 1. The topological polar surface area (TPSA) is 61.8 Å². The normalized spacial score (nSPS) is 11.5. The Bertz CT molecular complexity index is 1110. The molecule has 0 aliphatic carbocycles. The van der Waals surface area contributed by atoms with Crippen molar-refractivity contribution in [3.05, 3.63) is 70.9 Å². The summed E-state index contributed by atoms with van der Waals surface area (Å²) >= 11 is 5.21. The molecule has 118 valence electrons. The van der Waals surface area contributed by atoms with Crippen LogP contribution in [0.3, 0.4) is 0 Å². The summed E-state index contributed by atoms with van der Waals surface area (Å²) in [7, 11) is 0. The minimum absolute atomic E-state index is 0.296. The molecule has 0 aliphatic rings. The lowest BCUT2D eigenvalue weighted by Gasteiger charge is -2.01. The Kier molecular flexibility index (Phi) is 3.55. The van der Waals surface area contributed by atoms with Crippen molar-refractivity contribution in [2.24, 2.45) is 5.10 Å². The van der Waals surface area contributed by atoms with Gasteiger partial charge in [-0.15, -0.1) is 0 Å². The van der Waals surface area contributed by atoms with Crippen LogP contribution in [-0.4, -0.2) is 26.1 Å². The molecule has 0 saturated heterocycles. The van der Waals surface area contributed by atoms with Gasteiger partial charge < -0.3 is 4.98 Å². The van der Waals surface area contributed by atoms with Gasteiger partial charge in [0, 0.05) is 22.7 Å². The predicted molar refractivity (Wildman–Crippen MR) is 94.1 cm³/mol. The number of rotatable bonds is 3. The summed E-state index contributed by atoms with van der Waals surface area (Å²) in [6.07, 6.45) is 3.54. The van der Waals surface area contributed by atoms with Crippen LogP contribution in [0.15, 0.2) is 59.8 Å². The van der Waals surface area contributed by atoms with Crippen molar-refractivity contribution < 1.29 is 4.39 Å². The van der Waals surface area contributed by atoms with Gasteiger partial charge in [-0.25, -0.2) is 9.49 Å². The standard InChI is InChI=1S/C17H12FN5S/c18-14-7-3-1-6-13(14)16-21-22-17(24)23(16)20-10-11-9-19-15-8-4-2-5-12(11)15/h1-10,19H,(H,22,24)/b20-10+. The fraction of sp³-hybridized carbons (Fsp3) is 0. The Morgan fingerprint density at radius 1 is 1.12 bits per heavy atom. The molecule has 0 unspecified atom stereocenters. The van der Waals surface area contributed by atoms with Crippen LogP contribution in [-0.2, 0) is 0 Å². The largest absolute Gasteiger partial charge is 0.361 e. The smallest absolute Gasteiger partial charge is 0.216 e. The maximum atomic E-state index is 14.0. The molecule has 0 saturated carbocycles. The summed E-state index contributed by atoms with van der Waals surface area (Å²) in [5, 5.41) is 12.2. The van der Waals surface area contributed by atoms with Gasteiger partial charge in [-0.3, -0.25) is 0 Å². The van der Waals surface area contributed by atoms with Crippen LogP contribution in [0.25, 0.3) is 22.3 Å². The van der Waals surface area contributed by atoms with E-state index in [9.17, 15) is 4.39 Å². The van der Waals surface area contributed by atoms with Crippen molar-refractivity contribution in [2.45, 2.75) is 0 Å². The number of nitrogens with zero attached hydrogens (tertiary/aromatic N) is 3. The second-order valence-corrected chi connectivity index (χ2v) is 5.56. The van der Waals surface area contributed by atoms with E-state index in [4.69, 9.17) is 12.2 Å². The molecule has 24 heavy (non-hydrogen) atoms. The quantitative estimate of drug-likeness (QED) is 0.436. The van der Waals surface area contributed by atoms with E-state index >= 15 is 0 Å². The molecular weight excluding hydrogens is 325 g/mol. The zero-order valence-corrected chi connectivity index (χ0v) is 13.2. The first-order chi connectivity index (χ1) is 11.7. The summed E-state index contributed by atoms with van der Waals surface area (Å²) < 4.78 is 15.7. The van der Waals surface area contributed by atoms with Gasteiger partial charge in [0.2, 0.25) is 4.77 Å². The lowest BCUT2D eigenvalue weighted by Crippen LogP contribution is -1.96. The first-order valence-corrected chi connectivity index (χ1v) is 7.67. The van der Waals surface area contributed by atoms with Crippen LogP contribution in [0.5, 0.6) is 0 Å². The van der Waals surface area contributed by atoms with E-state index in [0.29, 0.717) is 16.2 Å². The van der Waals surface area contributed by atoms with E-state index in [-0.39, 0.29) is 5.82 Å². The Balaban J connectivity index is 1.80. The van der Waals surface area contributed by atoms with Crippen LogP contribution < -0.4 is 0 Å². The van der Waals surface area contributed by atoms with Crippen molar-refractivity contribution >= 4 is 29.3 Å². The third-order valence-electron chi connectivity index (χ3n) is 3.70. The molecule has 0 fully saturated rings. The molecule has 4 aromatic rings. The maximum absolute atomic E-state index is 14.0. The van der Waals surface area contributed by atoms with Crippen LogP contribution in [0.2, 0.25) is 0 Å². The third-order valence-corrected chi connectivity index (χ3v) is 3.96. The number of H-pyrrole nitrogens is 2. The van der Waals surface area contributed by atoms with Gasteiger partial charge in [-0.1, -0.05) is 30.3 Å². The first-order valence-electron chi connectivity index (χ1n) is 7.27. The van der Waals surface area contributed by atoms with Crippen molar-refractivity contribution in [3.8, 4) is 11.4 Å². The highest BCUT2D eigenvalue weighted by Crippen LogP contribution is 2.21. The second kappa shape index (κ2) is 5.86. The van der Waals surface area contributed by atoms with Gasteiger partial charge in [-0.05, 0) is 30.4 Å². The van der Waals surface area contributed by atoms with Crippen LogP contribution in [0.1, 0.15) is 5.56 Å². The molecule has 7 heteroatoms. The Labute approximate surface area is 141 Å². The molecule has 2 aromatic heterocycles. The Morgan fingerprint density at radius 3 is 2.79 bits per heavy atom. The SMILES string of the molecule is Fc1ccccc1-c1n[nH]c(=S)n1/N=C/c1c[nH]c2ccccc12. The van der Waals surface area contributed by atoms with Crippen LogP contribution in [0.4, 0.5) is 4.39 Å². The summed E-state index contributed by atoms with van der Waals surface area (Å²) in [5.41, 5.74) is 2.26. The van der Waals surface area contributed by atoms with E-state index in [0.717, 1.165) is 16.5 Å². The molecule has 5 nitrogen and oxygen atoms in total. The molecule has 0 aliphatic heterocycles. The fourth-order valence-corrected chi connectivity index (χ4v) is 2.72. The highest BCUT2D eigenvalue weighted by molar-refractivity contribution is 7.71. The molecule has 0 atom stereocenters. The zero-order valence-electron chi connectivity index (χ0n) is 12.4. The van der Waals surface area contributed by atoms with Gasteiger partial charge in [-0.2, -0.15) is 14.9 Å². The summed E-state index contributed by atoms with van der Waals surface area (Å²) in [6.45, 7) is 0. The molecule has 0 amide bonds. The van der Waals surface area contributed by atoms with E-state index in [2.05, 4.69) is 20.3 Å². The Hall–Kier alpha value is -3.06. The summed E-state index contributed by atoms with van der Waals surface area (Å²) in [5.74, 6) is -0.0516. The number of aromatic amines is 2. The average molecular weight is 337 g/mol. The van der Waals surface area contributed by atoms with Crippen LogP contribution >= 0.6 is 12.2 Å². The highest BCUT2D eigenvalue weighted by atomic mass is 32.1. The predicted octanol–water partition coefficient (Wildman–Crippen LogP) is 4.11. The average Bonchev–Trinajstić information content (AvgIpc) is 3.17. The monoisotopic (exact) mass is 337 g/mol. The first kappa shape index (κ1) is 14.5. The fourth-order valence-electron chi connectivity index (χ4n) is 2.54. The van der Waals surface area contributed by atoms with E-state index in [1.54, 1.807) is 24.4 Å². The van der Waals surface area contributed by atoms with Crippen molar-refractivity contribution in [1.82, 2.24) is 19.9 Å². The van der Waals surface area contributed by atoms with E-state index < -0.39 is 0 Å². The minimum atomic E-state index is -0.380. The van der Waals surface area contributed by atoms with Crippen molar-refractivity contribution in [2.75, 3.05) is 0 Å². The zero-order chi connectivity index (χ0) is 16.5. The lowest BCUT2D eigenvalue weighted by molar-refractivity contribution is 0.628. The van der Waals surface area contributed by atoms with E-state index in [1.807, 2.05) is 30.5 Å². The van der Waals surface area contributed by atoms with Gasteiger partial charge in [0.05, 0.1) is 11.8 Å². The Morgan fingerprint density at radius 2 is 1.92 bits per heavy atom. The maximum Gasteiger partial charge on any atom is 0.216 e. The number of para-hydroxylation sites is 1. The van der Waals surface area contributed by atoms with Crippen LogP contribution in [0, 0.1) is 10.6 Å². The third kappa shape index (κ3) is 2.44. The molecule has 2 heterocycles. The molecule has 0 spiro atoms. The second-order valence-electron chi connectivity index (χ2n) is 5.18.